The molecule has 0 aromatic heterocycles. The van der Waals surface area contributed by atoms with Crippen molar-refractivity contribution in [1.82, 2.24) is 5.32 Å². The van der Waals surface area contributed by atoms with E-state index in [1.54, 1.807) is 0 Å². The van der Waals surface area contributed by atoms with Crippen LogP contribution >= 0.6 is 0 Å². The Morgan fingerprint density at radius 1 is 1.07 bits per heavy atom. The van der Waals surface area contributed by atoms with Crippen molar-refractivity contribution < 1.29 is 9.47 Å². The van der Waals surface area contributed by atoms with E-state index in [0.717, 1.165) is 19.7 Å². The van der Waals surface area contributed by atoms with Crippen LogP contribution in [-0.4, -0.2) is 37.5 Å². The van der Waals surface area contributed by atoms with Gasteiger partial charge < -0.3 is 14.8 Å². The van der Waals surface area contributed by atoms with E-state index in [4.69, 9.17) is 9.47 Å². The molecule has 2 heterocycles. The van der Waals surface area contributed by atoms with E-state index in [9.17, 15) is 0 Å². The molecule has 0 amide bonds. The lowest BCUT2D eigenvalue weighted by molar-refractivity contribution is -0.152. The Balaban J connectivity index is 1.65. The van der Waals surface area contributed by atoms with Gasteiger partial charge in [-0.1, -0.05) is 12.8 Å². The summed E-state index contributed by atoms with van der Waals surface area (Å²) in [6, 6.07) is 0. The molecule has 0 aromatic carbocycles. The normalized spacial score (nSPS) is 40.0. The zero-order chi connectivity index (χ0) is 10.1. The molecular formula is C12H21NO2. The molecule has 1 aliphatic carbocycles. The molecular weight excluding hydrogens is 190 g/mol. The van der Waals surface area contributed by atoms with Crippen molar-refractivity contribution in [2.24, 2.45) is 0 Å². The highest BCUT2D eigenvalue weighted by Gasteiger charge is 2.42. The largest absolute Gasteiger partial charge is 0.375 e. The van der Waals surface area contributed by atoms with Gasteiger partial charge in [-0.3, -0.25) is 0 Å². The second-order valence-electron chi connectivity index (χ2n) is 5.23. The fourth-order valence-electron chi connectivity index (χ4n) is 3.26. The first-order valence-corrected chi connectivity index (χ1v) is 6.38. The zero-order valence-corrected chi connectivity index (χ0v) is 9.34. The summed E-state index contributed by atoms with van der Waals surface area (Å²) in [5.74, 6) is 0. The van der Waals surface area contributed by atoms with Crippen molar-refractivity contribution in [2.45, 2.75) is 56.3 Å². The Bertz CT molecular complexity index is 220. The summed E-state index contributed by atoms with van der Waals surface area (Å²) in [4.78, 5) is 0. The number of morpholine rings is 1. The van der Waals surface area contributed by atoms with Crippen LogP contribution in [-0.2, 0) is 9.47 Å². The Labute approximate surface area is 91.5 Å². The Morgan fingerprint density at radius 3 is 2.67 bits per heavy atom. The quantitative estimate of drug-likeness (QED) is 0.712. The molecule has 1 spiro atoms. The molecule has 1 N–H and O–H groups in total. The van der Waals surface area contributed by atoms with Gasteiger partial charge in [0.15, 0.2) is 0 Å². The number of rotatable bonds is 1. The molecule has 2 aliphatic heterocycles. The van der Waals surface area contributed by atoms with Crippen LogP contribution in [0.25, 0.3) is 0 Å². The first-order valence-electron chi connectivity index (χ1n) is 6.38. The van der Waals surface area contributed by atoms with E-state index in [-0.39, 0.29) is 5.60 Å². The molecule has 3 heteroatoms. The third-order valence-electron chi connectivity index (χ3n) is 4.09. The van der Waals surface area contributed by atoms with E-state index in [1.165, 1.54) is 38.5 Å². The van der Waals surface area contributed by atoms with Crippen molar-refractivity contribution in [3.63, 3.8) is 0 Å². The maximum Gasteiger partial charge on any atom is 0.0968 e. The first kappa shape index (κ1) is 10.1. The highest BCUT2D eigenvalue weighted by molar-refractivity contribution is 4.95. The number of ether oxygens (including phenoxy) is 2. The SMILES string of the molecule is C1COC(C2CNCC3(CCCC3)O2)C1. The summed E-state index contributed by atoms with van der Waals surface area (Å²) in [5.41, 5.74) is 0.162. The minimum absolute atomic E-state index is 0.162. The highest BCUT2D eigenvalue weighted by atomic mass is 16.6. The molecule has 3 rings (SSSR count). The fraction of sp³-hybridized carbons (Fsp3) is 1.00. The minimum atomic E-state index is 0.162. The monoisotopic (exact) mass is 211 g/mol. The molecule has 3 fully saturated rings. The van der Waals surface area contributed by atoms with Gasteiger partial charge in [0.25, 0.3) is 0 Å². The second kappa shape index (κ2) is 4.04. The Hall–Kier alpha value is -0.120. The van der Waals surface area contributed by atoms with E-state index >= 15 is 0 Å². The van der Waals surface area contributed by atoms with Crippen molar-refractivity contribution in [1.29, 1.82) is 0 Å². The molecule has 2 unspecified atom stereocenters. The van der Waals surface area contributed by atoms with Gasteiger partial charge in [0.05, 0.1) is 17.8 Å². The molecule has 2 atom stereocenters. The summed E-state index contributed by atoms with van der Waals surface area (Å²) in [7, 11) is 0. The van der Waals surface area contributed by atoms with Gasteiger partial charge >= 0.3 is 0 Å². The van der Waals surface area contributed by atoms with Crippen LogP contribution in [0.1, 0.15) is 38.5 Å². The van der Waals surface area contributed by atoms with Crippen molar-refractivity contribution in [2.75, 3.05) is 19.7 Å². The Morgan fingerprint density at radius 2 is 1.93 bits per heavy atom. The summed E-state index contributed by atoms with van der Waals surface area (Å²) in [6.45, 7) is 2.96. The third kappa shape index (κ3) is 1.93. The average molecular weight is 211 g/mol. The van der Waals surface area contributed by atoms with Crippen LogP contribution in [0.3, 0.4) is 0 Å². The van der Waals surface area contributed by atoms with E-state index < -0.39 is 0 Å². The summed E-state index contributed by atoms with van der Waals surface area (Å²) in [5, 5.41) is 3.54. The number of hydrogen-bond acceptors (Lipinski definition) is 3. The topological polar surface area (TPSA) is 30.5 Å². The van der Waals surface area contributed by atoms with Gasteiger partial charge in [-0.2, -0.15) is 0 Å². The minimum Gasteiger partial charge on any atom is -0.375 e. The van der Waals surface area contributed by atoms with Crippen LogP contribution in [0.4, 0.5) is 0 Å². The first-order chi connectivity index (χ1) is 7.38. The van der Waals surface area contributed by atoms with E-state index in [0.29, 0.717) is 12.2 Å². The predicted octanol–water partition coefficient (Wildman–Crippen LogP) is 1.47. The molecule has 3 nitrogen and oxygen atoms in total. The van der Waals surface area contributed by atoms with Gasteiger partial charge in [0.1, 0.15) is 0 Å². The standard InChI is InChI=1S/C12H21NO2/c1-2-6-12(5-1)9-13-8-11(15-12)10-4-3-7-14-10/h10-11,13H,1-9H2. The third-order valence-corrected chi connectivity index (χ3v) is 4.09. The van der Waals surface area contributed by atoms with Crippen molar-refractivity contribution >= 4 is 0 Å². The Kier molecular flexibility index (Phi) is 2.71. The van der Waals surface area contributed by atoms with Gasteiger partial charge in [-0.15, -0.1) is 0 Å². The van der Waals surface area contributed by atoms with Crippen LogP contribution in [0, 0.1) is 0 Å². The molecule has 3 aliphatic rings. The lowest BCUT2D eigenvalue weighted by Crippen LogP contribution is -2.55. The molecule has 0 radical (unpaired) electrons. The molecule has 2 saturated heterocycles. The maximum atomic E-state index is 6.33. The smallest absolute Gasteiger partial charge is 0.0968 e. The number of hydrogen-bond donors (Lipinski definition) is 1. The zero-order valence-electron chi connectivity index (χ0n) is 9.34. The lowest BCUT2D eigenvalue weighted by Gasteiger charge is -2.41. The van der Waals surface area contributed by atoms with Gasteiger partial charge in [-0.25, -0.2) is 0 Å². The summed E-state index contributed by atoms with van der Waals surface area (Å²) >= 11 is 0. The molecule has 1 saturated carbocycles. The average Bonchev–Trinajstić information content (AvgIpc) is 2.89. The predicted molar refractivity (Wildman–Crippen MR) is 57.9 cm³/mol. The van der Waals surface area contributed by atoms with Gasteiger partial charge in [-0.05, 0) is 25.7 Å². The van der Waals surface area contributed by atoms with Crippen molar-refractivity contribution in [3.8, 4) is 0 Å². The van der Waals surface area contributed by atoms with Gasteiger partial charge in [0, 0.05) is 19.7 Å². The molecule has 15 heavy (non-hydrogen) atoms. The summed E-state index contributed by atoms with van der Waals surface area (Å²) in [6.07, 6.45) is 8.20. The molecule has 86 valence electrons. The van der Waals surface area contributed by atoms with Crippen LogP contribution in [0.5, 0.6) is 0 Å². The summed E-state index contributed by atoms with van der Waals surface area (Å²) < 4.78 is 12.1. The van der Waals surface area contributed by atoms with Gasteiger partial charge in [0.2, 0.25) is 0 Å². The maximum absolute atomic E-state index is 6.33. The lowest BCUT2D eigenvalue weighted by atomic mass is 9.98. The van der Waals surface area contributed by atoms with Crippen LogP contribution in [0.15, 0.2) is 0 Å². The van der Waals surface area contributed by atoms with Crippen LogP contribution < -0.4 is 5.32 Å². The second-order valence-corrected chi connectivity index (χ2v) is 5.23. The molecule has 0 aromatic rings. The molecule has 0 bridgehead atoms. The van der Waals surface area contributed by atoms with Crippen molar-refractivity contribution in [3.05, 3.63) is 0 Å². The number of nitrogens with one attached hydrogen (secondary N) is 1. The van der Waals surface area contributed by atoms with Crippen LogP contribution in [0.2, 0.25) is 0 Å². The fourth-order valence-corrected chi connectivity index (χ4v) is 3.26. The highest BCUT2D eigenvalue weighted by Crippen LogP contribution is 2.37. The van der Waals surface area contributed by atoms with E-state index in [1.807, 2.05) is 0 Å². The van der Waals surface area contributed by atoms with E-state index in [2.05, 4.69) is 5.32 Å².